The lowest BCUT2D eigenvalue weighted by atomic mass is 10.3. The first-order chi connectivity index (χ1) is 11.0. The minimum absolute atomic E-state index is 0.282. The lowest BCUT2D eigenvalue weighted by Gasteiger charge is -2.13. The minimum Gasteiger partial charge on any atom is -0.481 e. The minimum atomic E-state index is -0.650. The number of carbonyl (C=O) groups excluding carboxylic acids is 1. The fraction of sp³-hybridized carbons (Fsp3) is 0.125. The number of para-hydroxylation sites is 1. The molecule has 2 aromatic carbocycles. The number of aromatic nitrogens is 1. The largest absolute Gasteiger partial charge is 0.481 e. The molecule has 4 nitrogen and oxygen atoms in total. The van der Waals surface area contributed by atoms with Gasteiger partial charge in [-0.3, -0.25) is 10.1 Å². The molecule has 118 valence electrons. The molecule has 1 atom stereocenters. The number of carbonyl (C=O) groups is 1. The Morgan fingerprint density at radius 2 is 1.96 bits per heavy atom. The molecule has 3 aromatic rings. The fourth-order valence-corrected chi connectivity index (χ4v) is 3.25. The van der Waals surface area contributed by atoms with Crippen LogP contribution in [0.4, 0.5) is 5.13 Å². The Labute approximate surface area is 147 Å². The van der Waals surface area contributed by atoms with Crippen LogP contribution in [0.1, 0.15) is 6.92 Å². The molecule has 1 N–H and O–H groups in total. The van der Waals surface area contributed by atoms with Crippen LogP contribution in [0.5, 0.6) is 5.75 Å². The smallest absolute Gasteiger partial charge is 0.266 e. The first kappa shape index (κ1) is 16.1. The SMILES string of the molecule is CC(Oc1ccccc1)C(=O)Nc1nc2c(Cl)c(Cl)ccc2s1. The molecule has 23 heavy (non-hydrogen) atoms. The van der Waals surface area contributed by atoms with Gasteiger partial charge in [0.2, 0.25) is 0 Å². The number of benzene rings is 2. The van der Waals surface area contributed by atoms with E-state index >= 15 is 0 Å². The summed E-state index contributed by atoms with van der Waals surface area (Å²) in [5, 5.41) is 4.01. The highest BCUT2D eigenvalue weighted by Crippen LogP contribution is 2.35. The highest BCUT2D eigenvalue weighted by molar-refractivity contribution is 7.22. The lowest BCUT2D eigenvalue weighted by Crippen LogP contribution is -2.30. The van der Waals surface area contributed by atoms with E-state index in [0.29, 0.717) is 26.4 Å². The number of hydrogen-bond donors (Lipinski definition) is 1. The molecule has 1 unspecified atom stereocenters. The zero-order valence-electron chi connectivity index (χ0n) is 12.0. The average molecular weight is 367 g/mol. The molecule has 3 rings (SSSR count). The molecule has 0 aliphatic carbocycles. The van der Waals surface area contributed by atoms with Crippen LogP contribution in [0.2, 0.25) is 10.0 Å². The third kappa shape index (κ3) is 3.58. The Bertz CT molecular complexity index is 852. The van der Waals surface area contributed by atoms with E-state index in [1.807, 2.05) is 24.3 Å². The molecule has 1 aromatic heterocycles. The molecule has 0 spiro atoms. The van der Waals surface area contributed by atoms with E-state index < -0.39 is 6.10 Å². The van der Waals surface area contributed by atoms with Crippen molar-refractivity contribution < 1.29 is 9.53 Å². The molecule has 0 bridgehead atoms. The van der Waals surface area contributed by atoms with Crippen LogP contribution in [0, 0.1) is 0 Å². The van der Waals surface area contributed by atoms with Gasteiger partial charge in [-0.15, -0.1) is 0 Å². The van der Waals surface area contributed by atoms with E-state index in [0.717, 1.165) is 4.70 Å². The summed E-state index contributed by atoms with van der Waals surface area (Å²) < 4.78 is 6.44. The molecule has 0 aliphatic rings. The van der Waals surface area contributed by atoms with E-state index in [4.69, 9.17) is 27.9 Å². The second kappa shape index (κ2) is 6.74. The number of halogens is 2. The first-order valence-corrected chi connectivity index (χ1v) is 8.39. The Kier molecular flexibility index (Phi) is 4.71. The molecular weight excluding hydrogens is 355 g/mol. The maximum absolute atomic E-state index is 12.2. The van der Waals surface area contributed by atoms with Crippen molar-refractivity contribution in [1.29, 1.82) is 0 Å². The van der Waals surface area contributed by atoms with Gasteiger partial charge >= 0.3 is 0 Å². The van der Waals surface area contributed by atoms with Gasteiger partial charge < -0.3 is 4.74 Å². The monoisotopic (exact) mass is 366 g/mol. The van der Waals surface area contributed by atoms with Crippen molar-refractivity contribution in [3.8, 4) is 5.75 Å². The van der Waals surface area contributed by atoms with Crippen LogP contribution in [0.25, 0.3) is 10.2 Å². The number of amides is 1. The summed E-state index contributed by atoms with van der Waals surface area (Å²) in [4.78, 5) is 16.5. The molecule has 0 fully saturated rings. The molecular formula is C16H12Cl2N2O2S. The number of ether oxygens (including phenoxy) is 1. The number of thiazole rings is 1. The van der Waals surface area contributed by atoms with Crippen LogP contribution in [-0.4, -0.2) is 17.0 Å². The molecule has 1 heterocycles. The average Bonchev–Trinajstić information content (AvgIpc) is 2.95. The summed E-state index contributed by atoms with van der Waals surface area (Å²) >= 11 is 13.4. The van der Waals surface area contributed by atoms with Gasteiger partial charge in [-0.25, -0.2) is 4.98 Å². The zero-order chi connectivity index (χ0) is 16.4. The van der Waals surface area contributed by atoms with E-state index in [1.165, 1.54) is 11.3 Å². The quantitative estimate of drug-likeness (QED) is 0.705. The van der Waals surface area contributed by atoms with Crippen molar-refractivity contribution >= 4 is 55.8 Å². The fourth-order valence-electron chi connectivity index (χ4n) is 1.95. The van der Waals surface area contributed by atoms with Gasteiger partial charge in [-0.05, 0) is 31.2 Å². The van der Waals surface area contributed by atoms with Gasteiger partial charge in [-0.1, -0.05) is 52.7 Å². The maximum atomic E-state index is 12.2. The third-order valence-corrected chi connectivity index (χ3v) is 4.84. The molecule has 7 heteroatoms. The Morgan fingerprint density at radius 1 is 1.22 bits per heavy atom. The summed E-state index contributed by atoms with van der Waals surface area (Å²) in [6.45, 7) is 1.68. The molecule has 0 radical (unpaired) electrons. The van der Waals surface area contributed by atoms with Crippen molar-refractivity contribution in [2.75, 3.05) is 5.32 Å². The zero-order valence-corrected chi connectivity index (χ0v) is 14.4. The van der Waals surface area contributed by atoms with Crippen LogP contribution in [0.15, 0.2) is 42.5 Å². The van der Waals surface area contributed by atoms with Crippen molar-refractivity contribution in [2.24, 2.45) is 0 Å². The highest BCUT2D eigenvalue weighted by atomic mass is 35.5. The van der Waals surface area contributed by atoms with E-state index in [9.17, 15) is 4.79 Å². The standard InChI is InChI=1S/C16H12Cl2N2O2S/c1-9(22-10-5-3-2-4-6-10)15(21)20-16-19-14-12(23-16)8-7-11(17)13(14)18/h2-9H,1H3,(H,19,20,21). The number of anilines is 1. The van der Waals surface area contributed by atoms with Crippen LogP contribution in [-0.2, 0) is 4.79 Å². The number of hydrogen-bond acceptors (Lipinski definition) is 4. The highest BCUT2D eigenvalue weighted by Gasteiger charge is 2.17. The van der Waals surface area contributed by atoms with Crippen molar-refractivity contribution in [3.63, 3.8) is 0 Å². The maximum Gasteiger partial charge on any atom is 0.266 e. The van der Waals surface area contributed by atoms with Gasteiger partial charge in [0.05, 0.1) is 14.7 Å². The van der Waals surface area contributed by atoms with E-state index in [2.05, 4.69) is 10.3 Å². The molecule has 1 amide bonds. The van der Waals surface area contributed by atoms with Gasteiger partial charge in [0.25, 0.3) is 5.91 Å². The van der Waals surface area contributed by atoms with E-state index in [1.54, 1.807) is 25.1 Å². The summed E-state index contributed by atoms with van der Waals surface area (Å²) in [6.07, 6.45) is -0.650. The van der Waals surface area contributed by atoms with Crippen LogP contribution < -0.4 is 10.1 Å². The predicted octanol–water partition coefficient (Wildman–Crippen LogP) is 5.01. The summed E-state index contributed by atoms with van der Waals surface area (Å²) in [5.41, 5.74) is 0.580. The number of nitrogens with zero attached hydrogens (tertiary/aromatic N) is 1. The van der Waals surface area contributed by atoms with Crippen LogP contribution in [0.3, 0.4) is 0 Å². The second-order valence-corrected chi connectivity index (χ2v) is 6.61. The summed E-state index contributed by atoms with van der Waals surface area (Å²) in [5.74, 6) is 0.351. The lowest BCUT2D eigenvalue weighted by molar-refractivity contribution is -0.122. The second-order valence-electron chi connectivity index (χ2n) is 4.79. The number of nitrogens with one attached hydrogen (secondary N) is 1. The molecule has 0 saturated heterocycles. The normalized spacial score (nSPS) is 12.1. The van der Waals surface area contributed by atoms with Gasteiger partial charge in [0, 0.05) is 0 Å². The number of fused-ring (bicyclic) bond motifs is 1. The van der Waals surface area contributed by atoms with Crippen molar-refractivity contribution in [2.45, 2.75) is 13.0 Å². The van der Waals surface area contributed by atoms with E-state index in [-0.39, 0.29) is 5.91 Å². The Morgan fingerprint density at radius 3 is 2.70 bits per heavy atom. The van der Waals surface area contributed by atoms with Gasteiger partial charge in [0.15, 0.2) is 11.2 Å². The molecule has 0 saturated carbocycles. The van der Waals surface area contributed by atoms with Gasteiger partial charge in [-0.2, -0.15) is 0 Å². The first-order valence-electron chi connectivity index (χ1n) is 6.81. The summed E-state index contributed by atoms with van der Waals surface area (Å²) in [7, 11) is 0. The Hall–Kier alpha value is -1.82. The topological polar surface area (TPSA) is 51.2 Å². The predicted molar refractivity (Wildman–Crippen MR) is 94.8 cm³/mol. The van der Waals surface area contributed by atoms with Crippen LogP contribution >= 0.6 is 34.5 Å². The van der Waals surface area contributed by atoms with Crippen molar-refractivity contribution in [3.05, 3.63) is 52.5 Å². The van der Waals surface area contributed by atoms with Gasteiger partial charge in [0.1, 0.15) is 11.3 Å². The molecule has 0 aliphatic heterocycles. The third-order valence-electron chi connectivity index (χ3n) is 3.11. The van der Waals surface area contributed by atoms with Crippen molar-refractivity contribution in [1.82, 2.24) is 4.98 Å². The number of rotatable bonds is 4. The Balaban J connectivity index is 1.73. The summed E-state index contributed by atoms with van der Waals surface area (Å²) in [6, 6.07) is 12.7.